The first-order chi connectivity index (χ1) is 9.37. The molecule has 0 spiro atoms. The molecule has 112 valence electrons. The maximum atomic E-state index is 11.9. The molecule has 1 aromatic carbocycles. The number of nitrogens with two attached hydrogens (primary N) is 1. The number of hydrogen-bond acceptors (Lipinski definition) is 4. The lowest BCUT2D eigenvalue weighted by Gasteiger charge is -2.19. The lowest BCUT2D eigenvalue weighted by Crippen LogP contribution is -2.39. The minimum atomic E-state index is -3.31. The smallest absolute Gasteiger partial charge is 0.224 e. The van der Waals surface area contributed by atoms with Gasteiger partial charge in [0.15, 0.2) is 0 Å². The molecule has 0 aliphatic carbocycles. The first-order valence-corrected chi connectivity index (χ1v) is 8.02. The summed E-state index contributed by atoms with van der Waals surface area (Å²) in [4.78, 5) is 11.9. The molecule has 0 heterocycles. The van der Waals surface area contributed by atoms with Crippen molar-refractivity contribution >= 4 is 15.9 Å². The van der Waals surface area contributed by atoms with E-state index in [1.54, 1.807) is 6.92 Å². The maximum absolute atomic E-state index is 11.9. The van der Waals surface area contributed by atoms with Crippen molar-refractivity contribution in [3.8, 4) is 0 Å². The molecular weight excluding hydrogens is 278 g/mol. The van der Waals surface area contributed by atoms with Crippen LogP contribution in [0.2, 0.25) is 0 Å². The Morgan fingerprint density at radius 2 is 1.90 bits per heavy atom. The standard InChI is InChI=1S/C13H21N3O3S/c1-10(12(14)11-6-4-3-5-7-11)13(17)16-8-9-20(18,19)15-2/h3-7,10,12,15H,8-9,14H2,1-2H3,(H,16,17). The maximum Gasteiger partial charge on any atom is 0.224 e. The Morgan fingerprint density at radius 3 is 2.45 bits per heavy atom. The van der Waals surface area contributed by atoms with Crippen LogP contribution in [0, 0.1) is 5.92 Å². The van der Waals surface area contributed by atoms with Gasteiger partial charge in [0.1, 0.15) is 0 Å². The molecule has 0 radical (unpaired) electrons. The molecule has 4 N–H and O–H groups in total. The summed E-state index contributed by atoms with van der Waals surface area (Å²) in [6.45, 7) is 1.79. The molecule has 0 saturated carbocycles. The Hall–Kier alpha value is -1.44. The van der Waals surface area contributed by atoms with Crippen molar-refractivity contribution in [1.82, 2.24) is 10.0 Å². The molecule has 0 bridgehead atoms. The van der Waals surface area contributed by atoms with Crippen LogP contribution in [-0.4, -0.2) is 33.7 Å². The second kappa shape index (κ2) is 7.37. The van der Waals surface area contributed by atoms with Gasteiger partial charge >= 0.3 is 0 Å². The zero-order chi connectivity index (χ0) is 15.2. The summed E-state index contributed by atoms with van der Waals surface area (Å²) in [5.41, 5.74) is 6.90. The Morgan fingerprint density at radius 1 is 1.30 bits per heavy atom. The van der Waals surface area contributed by atoms with Gasteiger partial charge in [0.25, 0.3) is 0 Å². The number of hydrogen-bond donors (Lipinski definition) is 3. The van der Waals surface area contributed by atoms with E-state index in [4.69, 9.17) is 5.73 Å². The molecule has 1 amide bonds. The van der Waals surface area contributed by atoms with Gasteiger partial charge in [-0.3, -0.25) is 4.79 Å². The Bertz CT molecular complexity index is 531. The lowest BCUT2D eigenvalue weighted by molar-refractivity contribution is -0.125. The molecule has 20 heavy (non-hydrogen) atoms. The monoisotopic (exact) mass is 299 g/mol. The van der Waals surface area contributed by atoms with Crippen LogP contribution in [0.25, 0.3) is 0 Å². The van der Waals surface area contributed by atoms with E-state index in [9.17, 15) is 13.2 Å². The molecule has 6 nitrogen and oxygen atoms in total. The van der Waals surface area contributed by atoms with Gasteiger partial charge in [-0.2, -0.15) is 0 Å². The van der Waals surface area contributed by atoms with E-state index >= 15 is 0 Å². The number of carbonyl (C=O) groups is 1. The summed E-state index contributed by atoms with van der Waals surface area (Å²) >= 11 is 0. The average Bonchev–Trinajstić information content (AvgIpc) is 2.46. The van der Waals surface area contributed by atoms with E-state index in [1.807, 2.05) is 30.3 Å². The van der Waals surface area contributed by atoms with Crippen LogP contribution in [0.3, 0.4) is 0 Å². The molecule has 7 heteroatoms. The molecule has 2 atom stereocenters. The molecule has 0 aliphatic heterocycles. The fourth-order valence-electron chi connectivity index (χ4n) is 1.70. The number of benzene rings is 1. The number of carbonyl (C=O) groups excluding carboxylic acids is 1. The van der Waals surface area contributed by atoms with E-state index < -0.39 is 22.0 Å². The minimum Gasteiger partial charge on any atom is -0.355 e. The fraction of sp³-hybridized carbons (Fsp3) is 0.462. The molecule has 0 aromatic heterocycles. The van der Waals surface area contributed by atoms with Crippen molar-refractivity contribution < 1.29 is 13.2 Å². The fourth-order valence-corrected chi connectivity index (χ4v) is 2.27. The van der Waals surface area contributed by atoms with Gasteiger partial charge in [0, 0.05) is 12.6 Å². The predicted molar refractivity (Wildman–Crippen MR) is 78.4 cm³/mol. The van der Waals surface area contributed by atoms with E-state index in [0.717, 1.165) is 5.56 Å². The SMILES string of the molecule is CNS(=O)(=O)CCNC(=O)C(C)C(N)c1ccccc1. The van der Waals surface area contributed by atoms with Gasteiger partial charge in [-0.15, -0.1) is 0 Å². The first kappa shape index (κ1) is 16.6. The Kier molecular flexibility index (Phi) is 6.12. The van der Waals surface area contributed by atoms with Crippen molar-refractivity contribution in [3.05, 3.63) is 35.9 Å². The number of amides is 1. The van der Waals surface area contributed by atoms with E-state index in [1.165, 1.54) is 7.05 Å². The molecule has 1 rings (SSSR count). The highest BCUT2D eigenvalue weighted by atomic mass is 32.2. The van der Waals surface area contributed by atoms with E-state index in [2.05, 4.69) is 10.0 Å². The third-order valence-electron chi connectivity index (χ3n) is 3.12. The summed E-state index contributed by atoms with van der Waals surface area (Å²) in [7, 11) is -1.97. The molecule has 1 aromatic rings. The highest BCUT2D eigenvalue weighted by Gasteiger charge is 2.22. The number of nitrogens with one attached hydrogen (secondary N) is 2. The van der Waals surface area contributed by atoms with Crippen molar-refractivity contribution in [2.24, 2.45) is 11.7 Å². The van der Waals surface area contributed by atoms with Crippen LogP contribution < -0.4 is 15.8 Å². The van der Waals surface area contributed by atoms with Crippen LogP contribution in [0.5, 0.6) is 0 Å². The van der Waals surface area contributed by atoms with E-state index in [0.29, 0.717) is 0 Å². The highest BCUT2D eigenvalue weighted by molar-refractivity contribution is 7.89. The average molecular weight is 299 g/mol. The van der Waals surface area contributed by atoms with Gasteiger partial charge in [-0.05, 0) is 12.6 Å². The van der Waals surface area contributed by atoms with Crippen LogP contribution in [-0.2, 0) is 14.8 Å². The third-order valence-corrected chi connectivity index (χ3v) is 4.48. The summed E-state index contributed by atoms with van der Waals surface area (Å²) < 4.78 is 24.6. The zero-order valence-corrected chi connectivity index (χ0v) is 12.5. The predicted octanol–water partition coefficient (Wildman–Crippen LogP) is -0.0121. The first-order valence-electron chi connectivity index (χ1n) is 6.37. The van der Waals surface area contributed by atoms with Crippen molar-refractivity contribution in [2.75, 3.05) is 19.3 Å². The van der Waals surface area contributed by atoms with Crippen molar-refractivity contribution in [1.29, 1.82) is 0 Å². The van der Waals surface area contributed by atoms with Gasteiger partial charge in [0.2, 0.25) is 15.9 Å². The van der Waals surface area contributed by atoms with Gasteiger partial charge in [-0.25, -0.2) is 13.1 Å². The normalized spacial score (nSPS) is 14.6. The van der Waals surface area contributed by atoms with Gasteiger partial charge in [-0.1, -0.05) is 37.3 Å². The second-order valence-corrected chi connectivity index (χ2v) is 6.59. The number of sulfonamides is 1. The second-order valence-electron chi connectivity index (χ2n) is 4.54. The van der Waals surface area contributed by atoms with Crippen LogP contribution in [0.15, 0.2) is 30.3 Å². The number of rotatable bonds is 7. The molecule has 2 unspecified atom stereocenters. The molecular formula is C13H21N3O3S. The quantitative estimate of drug-likeness (QED) is 0.659. The molecule has 0 fully saturated rings. The summed E-state index contributed by atoms with van der Waals surface area (Å²) in [5.74, 6) is -0.843. The van der Waals surface area contributed by atoms with Crippen molar-refractivity contribution in [2.45, 2.75) is 13.0 Å². The van der Waals surface area contributed by atoms with Crippen LogP contribution >= 0.6 is 0 Å². The molecule has 0 saturated heterocycles. The summed E-state index contributed by atoms with van der Waals surface area (Å²) in [6, 6.07) is 8.90. The van der Waals surface area contributed by atoms with Gasteiger partial charge < -0.3 is 11.1 Å². The van der Waals surface area contributed by atoms with Gasteiger partial charge in [0.05, 0.1) is 11.7 Å². The Balaban J connectivity index is 2.51. The minimum absolute atomic E-state index is 0.0633. The zero-order valence-electron chi connectivity index (χ0n) is 11.7. The molecule has 0 aliphatic rings. The summed E-state index contributed by atoms with van der Waals surface area (Å²) in [6.07, 6.45) is 0. The lowest BCUT2D eigenvalue weighted by atomic mass is 9.95. The Labute approximate surface area is 119 Å². The largest absolute Gasteiger partial charge is 0.355 e. The summed E-state index contributed by atoms with van der Waals surface area (Å²) in [5, 5.41) is 2.59. The van der Waals surface area contributed by atoms with Crippen LogP contribution in [0.4, 0.5) is 0 Å². The van der Waals surface area contributed by atoms with E-state index in [-0.39, 0.29) is 18.2 Å². The topological polar surface area (TPSA) is 101 Å². The van der Waals surface area contributed by atoms with Crippen LogP contribution in [0.1, 0.15) is 18.5 Å². The van der Waals surface area contributed by atoms with Crippen molar-refractivity contribution in [3.63, 3.8) is 0 Å². The third kappa shape index (κ3) is 4.92. The highest BCUT2D eigenvalue weighted by Crippen LogP contribution is 2.18.